The zero-order valence-electron chi connectivity index (χ0n) is 9.00. The molecule has 0 atom stereocenters. The smallest absolute Gasteiger partial charge is 0.223 e. The maximum atomic E-state index is 11.4. The van der Waals surface area contributed by atoms with Gasteiger partial charge in [-0.2, -0.15) is 0 Å². The second-order valence-corrected chi connectivity index (χ2v) is 4.40. The van der Waals surface area contributed by atoms with Gasteiger partial charge in [-0.05, 0) is 25.7 Å². The summed E-state index contributed by atoms with van der Waals surface area (Å²) in [4.78, 5) is 24.6. The summed E-state index contributed by atoms with van der Waals surface area (Å²) in [7, 11) is 0. The van der Waals surface area contributed by atoms with Crippen LogP contribution in [0.1, 0.15) is 32.1 Å². The summed E-state index contributed by atoms with van der Waals surface area (Å²) in [6.07, 6.45) is 4.87. The summed E-state index contributed by atoms with van der Waals surface area (Å²) < 4.78 is 0. The Morgan fingerprint density at radius 3 is 2.87 bits per heavy atom. The number of hydrogen-bond acceptors (Lipinski definition) is 2. The molecule has 0 aromatic heterocycles. The van der Waals surface area contributed by atoms with Crippen molar-refractivity contribution in [1.82, 2.24) is 10.2 Å². The van der Waals surface area contributed by atoms with Gasteiger partial charge in [-0.15, -0.1) is 0 Å². The van der Waals surface area contributed by atoms with Crippen molar-refractivity contribution in [3.63, 3.8) is 0 Å². The van der Waals surface area contributed by atoms with Gasteiger partial charge in [0.05, 0.1) is 0 Å². The second kappa shape index (κ2) is 4.64. The van der Waals surface area contributed by atoms with Gasteiger partial charge in [0.25, 0.3) is 0 Å². The van der Waals surface area contributed by atoms with Gasteiger partial charge in [-0.25, -0.2) is 0 Å². The van der Waals surface area contributed by atoms with Crippen LogP contribution in [0, 0.1) is 5.92 Å². The van der Waals surface area contributed by atoms with Gasteiger partial charge in [-0.3, -0.25) is 9.59 Å². The lowest BCUT2D eigenvalue weighted by atomic mass is 10.1. The maximum absolute atomic E-state index is 11.4. The van der Waals surface area contributed by atoms with E-state index in [9.17, 15) is 9.59 Å². The van der Waals surface area contributed by atoms with Crippen molar-refractivity contribution in [3.05, 3.63) is 0 Å². The van der Waals surface area contributed by atoms with Crippen molar-refractivity contribution in [2.24, 2.45) is 5.92 Å². The van der Waals surface area contributed by atoms with Crippen LogP contribution in [0.3, 0.4) is 0 Å². The van der Waals surface area contributed by atoms with E-state index in [0.717, 1.165) is 32.2 Å². The molecule has 2 aliphatic rings. The van der Waals surface area contributed by atoms with E-state index in [1.54, 1.807) is 0 Å². The van der Waals surface area contributed by atoms with E-state index in [1.807, 2.05) is 4.90 Å². The first-order chi connectivity index (χ1) is 7.27. The third-order valence-corrected chi connectivity index (χ3v) is 3.05. The van der Waals surface area contributed by atoms with Crippen LogP contribution in [0.5, 0.6) is 0 Å². The molecule has 0 aromatic carbocycles. The summed E-state index contributed by atoms with van der Waals surface area (Å²) in [5, 5.41) is 2.88. The molecule has 2 rings (SSSR count). The largest absolute Gasteiger partial charge is 0.354 e. The molecule has 4 heteroatoms. The Kier molecular flexibility index (Phi) is 3.23. The van der Waals surface area contributed by atoms with Crippen LogP contribution in [0.25, 0.3) is 0 Å². The zero-order chi connectivity index (χ0) is 10.7. The predicted molar refractivity (Wildman–Crippen MR) is 56.2 cm³/mol. The average molecular weight is 210 g/mol. The van der Waals surface area contributed by atoms with Crippen molar-refractivity contribution >= 4 is 11.8 Å². The highest BCUT2D eigenvalue weighted by Gasteiger charge is 2.29. The van der Waals surface area contributed by atoms with Gasteiger partial charge in [0.15, 0.2) is 0 Å². The Morgan fingerprint density at radius 1 is 1.40 bits per heavy atom. The molecule has 0 aromatic rings. The van der Waals surface area contributed by atoms with Gasteiger partial charge in [0, 0.05) is 32.0 Å². The number of hydrogen-bond donors (Lipinski definition) is 1. The first kappa shape index (κ1) is 10.5. The lowest BCUT2D eigenvalue weighted by Crippen LogP contribution is -2.41. The first-order valence-electron chi connectivity index (χ1n) is 5.83. The molecule has 84 valence electrons. The third-order valence-electron chi connectivity index (χ3n) is 3.05. The number of piperidine rings is 1. The molecule has 1 saturated heterocycles. The fourth-order valence-corrected chi connectivity index (χ4v) is 1.90. The Morgan fingerprint density at radius 2 is 2.20 bits per heavy atom. The number of amides is 2. The van der Waals surface area contributed by atoms with Gasteiger partial charge < -0.3 is 10.2 Å². The van der Waals surface area contributed by atoms with E-state index < -0.39 is 0 Å². The Labute approximate surface area is 90.0 Å². The minimum absolute atomic E-state index is 0.166. The molecule has 0 bridgehead atoms. The van der Waals surface area contributed by atoms with E-state index in [2.05, 4.69) is 5.32 Å². The summed E-state index contributed by atoms with van der Waals surface area (Å²) in [6.45, 7) is 2.15. The number of nitrogens with zero attached hydrogens (tertiary/aromatic N) is 1. The number of rotatable bonds is 4. The van der Waals surface area contributed by atoms with E-state index in [-0.39, 0.29) is 17.7 Å². The minimum atomic E-state index is 0.166. The lowest BCUT2D eigenvalue weighted by Gasteiger charge is -2.26. The molecule has 2 amide bonds. The highest BCUT2D eigenvalue weighted by molar-refractivity contribution is 5.81. The van der Waals surface area contributed by atoms with E-state index >= 15 is 0 Å². The molecular formula is C11H18N2O2. The van der Waals surface area contributed by atoms with Crippen LogP contribution in [-0.2, 0) is 9.59 Å². The second-order valence-electron chi connectivity index (χ2n) is 4.40. The van der Waals surface area contributed by atoms with Crippen molar-refractivity contribution in [3.8, 4) is 0 Å². The molecular weight excluding hydrogens is 192 g/mol. The Bertz CT molecular complexity index is 261. The third kappa shape index (κ3) is 2.94. The van der Waals surface area contributed by atoms with Crippen LogP contribution in [-0.4, -0.2) is 36.3 Å². The standard InChI is InChI=1S/C11H18N2O2/c14-10-3-1-2-7-13(10)8-6-12-11(15)9-4-5-9/h9H,1-8H2,(H,12,15). The predicted octanol–water partition coefficient (Wildman–Crippen LogP) is 0.525. The summed E-state index contributed by atoms with van der Waals surface area (Å²) >= 11 is 0. The highest BCUT2D eigenvalue weighted by atomic mass is 16.2. The van der Waals surface area contributed by atoms with E-state index in [0.29, 0.717) is 19.5 Å². The first-order valence-corrected chi connectivity index (χ1v) is 5.83. The van der Waals surface area contributed by atoms with E-state index in [4.69, 9.17) is 0 Å². The number of nitrogens with one attached hydrogen (secondary N) is 1. The van der Waals surface area contributed by atoms with Crippen molar-refractivity contribution < 1.29 is 9.59 Å². The molecule has 0 radical (unpaired) electrons. The summed E-state index contributed by atoms with van der Waals surface area (Å²) in [6, 6.07) is 0. The number of carbonyl (C=O) groups is 2. The van der Waals surface area contributed by atoms with Crippen molar-refractivity contribution in [2.75, 3.05) is 19.6 Å². The van der Waals surface area contributed by atoms with Gasteiger partial charge in [-0.1, -0.05) is 0 Å². The molecule has 0 unspecified atom stereocenters. The molecule has 0 spiro atoms. The fourth-order valence-electron chi connectivity index (χ4n) is 1.90. The van der Waals surface area contributed by atoms with Crippen LogP contribution in [0.4, 0.5) is 0 Å². The van der Waals surface area contributed by atoms with Crippen LogP contribution in [0.2, 0.25) is 0 Å². The maximum Gasteiger partial charge on any atom is 0.223 e. The van der Waals surface area contributed by atoms with Gasteiger partial charge >= 0.3 is 0 Å². The van der Waals surface area contributed by atoms with Crippen molar-refractivity contribution in [2.45, 2.75) is 32.1 Å². The Hall–Kier alpha value is -1.06. The normalized spacial score (nSPS) is 21.6. The molecule has 1 saturated carbocycles. The summed E-state index contributed by atoms with van der Waals surface area (Å²) in [5.41, 5.74) is 0. The highest BCUT2D eigenvalue weighted by Crippen LogP contribution is 2.28. The quantitative estimate of drug-likeness (QED) is 0.735. The SMILES string of the molecule is O=C(NCCN1CCCCC1=O)C1CC1. The topological polar surface area (TPSA) is 49.4 Å². The molecule has 1 aliphatic carbocycles. The lowest BCUT2D eigenvalue weighted by molar-refractivity contribution is -0.133. The summed E-state index contributed by atoms with van der Waals surface area (Å²) in [5.74, 6) is 0.670. The van der Waals surface area contributed by atoms with Crippen LogP contribution >= 0.6 is 0 Å². The van der Waals surface area contributed by atoms with Gasteiger partial charge in [0.2, 0.25) is 11.8 Å². The van der Waals surface area contributed by atoms with Crippen LogP contribution in [0.15, 0.2) is 0 Å². The number of carbonyl (C=O) groups excluding carboxylic acids is 2. The Balaban J connectivity index is 1.63. The molecule has 15 heavy (non-hydrogen) atoms. The van der Waals surface area contributed by atoms with E-state index in [1.165, 1.54) is 0 Å². The average Bonchev–Trinajstić information content (AvgIpc) is 3.04. The molecule has 4 nitrogen and oxygen atoms in total. The van der Waals surface area contributed by atoms with Crippen molar-refractivity contribution in [1.29, 1.82) is 0 Å². The van der Waals surface area contributed by atoms with Crippen LogP contribution < -0.4 is 5.32 Å². The molecule has 1 N–H and O–H groups in total. The molecule has 1 aliphatic heterocycles. The minimum Gasteiger partial charge on any atom is -0.354 e. The number of likely N-dealkylation sites (tertiary alicyclic amines) is 1. The molecule has 1 heterocycles. The van der Waals surface area contributed by atoms with Gasteiger partial charge in [0.1, 0.15) is 0 Å². The molecule has 2 fully saturated rings. The zero-order valence-corrected chi connectivity index (χ0v) is 9.00. The monoisotopic (exact) mass is 210 g/mol. The fraction of sp³-hybridized carbons (Fsp3) is 0.818.